The molecule has 0 saturated heterocycles. The minimum atomic E-state index is -0.343. The van der Waals surface area contributed by atoms with E-state index in [-0.39, 0.29) is 18.3 Å². The molecule has 11 heteroatoms. The first kappa shape index (κ1) is 30.9. The number of nitrogens with one attached hydrogen (secondary N) is 3. The van der Waals surface area contributed by atoms with E-state index < -0.39 is 0 Å². The van der Waals surface area contributed by atoms with Crippen molar-refractivity contribution in [2.75, 3.05) is 11.9 Å². The predicted octanol–water partition coefficient (Wildman–Crippen LogP) is 7.55. The van der Waals surface area contributed by atoms with E-state index in [1.807, 2.05) is 36.4 Å². The molecular formula is C33H33ClFN5O4. The van der Waals surface area contributed by atoms with Crippen LogP contribution < -0.4 is 20.9 Å². The zero-order valence-corrected chi connectivity index (χ0v) is 24.7. The zero-order valence-electron chi connectivity index (χ0n) is 24.0. The Morgan fingerprint density at radius 3 is 2.70 bits per heavy atom. The Labute approximate surface area is 259 Å². The summed E-state index contributed by atoms with van der Waals surface area (Å²) in [6, 6.07) is 21.4. The number of hydrogen-bond acceptors (Lipinski definition) is 8. The molecule has 0 fully saturated rings. The molecule has 0 spiro atoms. The molecule has 0 radical (unpaired) electrons. The van der Waals surface area contributed by atoms with Gasteiger partial charge in [-0.05, 0) is 85.6 Å². The third-order valence-corrected chi connectivity index (χ3v) is 7.29. The molecule has 0 bridgehead atoms. The van der Waals surface area contributed by atoms with Crippen LogP contribution in [0.5, 0.6) is 5.75 Å². The molecule has 3 aromatic carbocycles. The first-order valence-electron chi connectivity index (χ1n) is 14.4. The number of ether oxygens (including phenoxy) is 1. The minimum absolute atomic E-state index is 0.198. The van der Waals surface area contributed by atoms with Gasteiger partial charge in [0.2, 0.25) is 5.91 Å². The van der Waals surface area contributed by atoms with Gasteiger partial charge >= 0.3 is 0 Å². The van der Waals surface area contributed by atoms with Gasteiger partial charge in [-0.3, -0.25) is 10.0 Å². The van der Waals surface area contributed by atoms with Crippen LogP contribution in [0.25, 0.3) is 22.2 Å². The third-order valence-electron chi connectivity index (χ3n) is 6.99. The number of hydrogen-bond donors (Lipinski definition) is 4. The molecule has 2 heterocycles. The van der Waals surface area contributed by atoms with E-state index in [4.69, 9.17) is 26.0 Å². The van der Waals surface area contributed by atoms with Crippen molar-refractivity contribution in [2.24, 2.45) is 0 Å². The summed E-state index contributed by atoms with van der Waals surface area (Å²) in [5.41, 5.74) is 4.76. The number of benzene rings is 3. The maximum atomic E-state index is 13.5. The Morgan fingerprint density at radius 1 is 0.977 bits per heavy atom. The number of furan rings is 1. The van der Waals surface area contributed by atoms with Crippen molar-refractivity contribution in [1.82, 2.24) is 20.8 Å². The summed E-state index contributed by atoms with van der Waals surface area (Å²) in [5.74, 6) is 2.02. The van der Waals surface area contributed by atoms with E-state index in [1.165, 1.54) is 18.5 Å². The lowest BCUT2D eigenvalue weighted by molar-refractivity contribution is -0.129. The molecule has 0 atom stereocenters. The van der Waals surface area contributed by atoms with E-state index >= 15 is 0 Å². The number of hydroxylamine groups is 1. The Bertz CT molecular complexity index is 1710. The van der Waals surface area contributed by atoms with Gasteiger partial charge in [0.25, 0.3) is 0 Å². The first-order chi connectivity index (χ1) is 21.5. The summed E-state index contributed by atoms with van der Waals surface area (Å²) >= 11 is 6.50. The molecule has 0 saturated carbocycles. The predicted molar refractivity (Wildman–Crippen MR) is 167 cm³/mol. The van der Waals surface area contributed by atoms with Crippen LogP contribution in [0.2, 0.25) is 5.02 Å². The summed E-state index contributed by atoms with van der Waals surface area (Å²) in [6.45, 7) is 1.65. The standard InChI is InChI=1S/C33H33ClFN5O4/c34-28-18-25(10-13-31(28)43-20-22-6-5-7-24(35)16-22)39-33-27-17-23(9-12-29(27)37-21-38-33)30-14-11-26(44-30)19-36-15-4-2-1-3-8-32(41)40-42/h5-7,9-14,16-18,21,36,42H,1-4,8,15,19-20H2,(H,40,41)(H,37,38,39). The van der Waals surface area contributed by atoms with Crippen molar-refractivity contribution in [2.45, 2.75) is 45.3 Å². The third kappa shape index (κ3) is 8.53. The Morgan fingerprint density at radius 2 is 1.86 bits per heavy atom. The molecule has 1 amide bonds. The van der Waals surface area contributed by atoms with Crippen molar-refractivity contribution < 1.29 is 23.5 Å². The second-order valence-corrected chi connectivity index (χ2v) is 10.7. The van der Waals surface area contributed by atoms with Gasteiger partial charge in [0, 0.05) is 23.1 Å². The highest BCUT2D eigenvalue weighted by Crippen LogP contribution is 2.33. The van der Waals surface area contributed by atoms with Gasteiger partial charge in [0.15, 0.2) is 0 Å². The molecule has 0 aliphatic heterocycles. The smallest absolute Gasteiger partial charge is 0.243 e. The molecule has 0 aliphatic carbocycles. The number of carbonyl (C=O) groups excluding carboxylic acids is 1. The maximum Gasteiger partial charge on any atom is 0.243 e. The fourth-order valence-electron chi connectivity index (χ4n) is 4.71. The van der Waals surface area contributed by atoms with Crippen LogP contribution in [0.3, 0.4) is 0 Å². The van der Waals surface area contributed by atoms with Crippen LogP contribution >= 0.6 is 11.6 Å². The Balaban J connectivity index is 1.18. The Kier molecular flexibility index (Phi) is 10.7. The molecule has 9 nitrogen and oxygen atoms in total. The molecule has 5 rings (SSSR count). The van der Waals surface area contributed by atoms with Crippen LogP contribution in [0.1, 0.15) is 43.4 Å². The minimum Gasteiger partial charge on any atom is -0.487 e. The fourth-order valence-corrected chi connectivity index (χ4v) is 4.95. The quantitative estimate of drug-likeness (QED) is 0.0540. The summed E-state index contributed by atoms with van der Waals surface area (Å²) in [6.07, 6.45) is 5.54. The van der Waals surface area contributed by atoms with Crippen LogP contribution in [0.4, 0.5) is 15.9 Å². The van der Waals surface area contributed by atoms with E-state index in [9.17, 15) is 9.18 Å². The van der Waals surface area contributed by atoms with Crippen LogP contribution in [0, 0.1) is 5.82 Å². The van der Waals surface area contributed by atoms with Crippen molar-refractivity contribution in [3.8, 4) is 17.1 Å². The van der Waals surface area contributed by atoms with Crippen LogP contribution in [-0.2, 0) is 17.9 Å². The number of aromatic nitrogens is 2. The largest absolute Gasteiger partial charge is 0.487 e. The lowest BCUT2D eigenvalue weighted by atomic mass is 10.1. The number of halogens is 2. The molecule has 44 heavy (non-hydrogen) atoms. The van der Waals surface area contributed by atoms with Gasteiger partial charge in [0.05, 0.1) is 17.1 Å². The number of unbranched alkanes of at least 4 members (excludes halogenated alkanes) is 3. The van der Waals surface area contributed by atoms with E-state index in [0.29, 0.717) is 35.1 Å². The summed E-state index contributed by atoms with van der Waals surface area (Å²) in [7, 11) is 0. The summed E-state index contributed by atoms with van der Waals surface area (Å²) in [4.78, 5) is 19.9. The van der Waals surface area contributed by atoms with Crippen molar-refractivity contribution in [3.63, 3.8) is 0 Å². The van der Waals surface area contributed by atoms with Crippen molar-refractivity contribution in [1.29, 1.82) is 0 Å². The molecule has 5 aromatic rings. The number of rotatable bonds is 15. The van der Waals surface area contributed by atoms with Crippen molar-refractivity contribution in [3.05, 3.63) is 101 Å². The van der Waals surface area contributed by atoms with E-state index in [2.05, 4.69) is 20.6 Å². The van der Waals surface area contributed by atoms with Gasteiger partial charge in [-0.25, -0.2) is 19.8 Å². The Hall–Kier alpha value is -4.51. The zero-order chi connectivity index (χ0) is 30.7. The number of carbonyl (C=O) groups is 1. The van der Waals surface area contributed by atoms with E-state index in [0.717, 1.165) is 65.9 Å². The molecule has 2 aromatic heterocycles. The average Bonchev–Trinajstić information content (AvgIpc) is 3.51. The highest BCUT2D eigenvalue weighted by molar-refractivity contribution is 6.32. The van der Waals surface area contributed by atoms with Gasteiger partial charge < -0.3 is 19.8 Å². The number of fused-ring (bicyclic) bond motifs is 1. The number of nitrogens with zero attached hydrogens (tertiary/aromatic N) is 2. The molecule has 0 aliphatic rings. The topological polar surface area (TPSA) is 122 Å². The summed E-state index contributed by atoms with van der Waals surface area (Å²) < 4.78 is 25.4. The SMILES string of the molecule is O=C(CCCCCCNCc1ccc(-c2ccc3ncnc(Nc4ccc(OCc5cccc(F)c5)c(Cl)c4)c3c2)o1)NO. The second kappa shape index (κ2) is 15.3. The maximum absolute atomic E-state index is 13.5. The van der Waals surface area contributed by atoms with Crippen molar-refractivity contribution >= 4 is 39.9 Å². The molecule has 4 N–H and O–H groups in total. The normalized spacial score (nSPS) is 11.1. The van der Waals surface area contributed by atoms with E-state index in [1.54, 1.807) is 29.7 Å². The lowest BCUT2D eigenvalue weighted by Gasteiger charge is -2.12. The molecule has 0 unspecified atom stereocenters. The molecule has 228 valence electrons. The fraction of sp³-hybridized carbons (Fsp3) is 0.242. The summed E-state index contributed by atoms with van der Waals surface area (Å²) in [5, 5.41) is 16.5. The van der Waals surface area contributed by atoms with Crippen LogP contribution in [0.15, 0.2) is 83.5 Å². The van der Waals surface area contributed by atoms with Gasteiger partial charge in [-0.2, -0.15) is 0 Å². The lowest BCUT2D eigenvalue weighted by Crippen LogP contribution is -2.17. The molecular weight excluding hydrogens is 585 g/mol. The van der Waals surface area contributed by atoms with Gasteiger partial charge in [-0.15, -0.1) is 0 Å². The highest BCUT2D eigenvalue weighted by atomic mass is 35.5. The number of amides is 1. The van der Waals surface area contributed by atoms with Gasteiger partial charge in [-0.1, -0.05) is 36.6 Å². The van der Waals surface area contributed by atoms with Crippen LogP contribution in [-0.4, -0.2) is 27.6 Å². The second-order valence-electron chi connectivity index (χ2n) is 10.3. The van der Waals surface area contributed by atoms with Gasteiger partial charge in [0.1, 0.15) is 41.8 Å². The first-order valence-corrected chi connectivity index (χ1v) is 14.8. The highest BCUT2D eigenvalue weighted by Gasteiger charge is 2.11. The number of anilines is 2. The average molecular weight is 618 g/mol. The monoisotopic (exact) mass is 617 g/mol.